The van der Waals surface area contributed by atoms with Gasteiger partial charge >= 0.3 is 0 Å². The summed E-state index contributed by atoms with van der Waals surface area (Å²) in [6.45, 7) is 17.9. The van der Waals surface area contributed by atoms with Gasteiger partial charge in [0.2, 0.25) is 0 Å². The number of allylic oxidation sites excluding steroid dienone is 2. The zero-order valence-electron chi connectivity index (χ0n) is 22.3. The average Bonchev–Trinajstić information content (AvgIpc) is 2.77. The van der Waals surface area contributed by atoms with Crippen molar-refractivity contribution in [2.75, 3.05) is 53.1 Å². The van der Waals surface area contributed by atoms with Gasteiger partial charge in [0.15, 0.2) is 0 Å². The van der Waals surface area contributed by atoms with Crippen molar-refractivity contribution >= 4 is 38.8 Å². The summed E-state index contributed by atoms with van der Waals surface area (Å²) in [4.78, 5) is 8.67. The Morgan fingerprint density at radius 1 is 0.629 bits per heavy atom. The predicted octanol–water partition coefficient (Wildman–Crippen LogP) is 5.42. The molecule has 0 aliphatic heterocycles. The van der Waals surface area contributed by atoms with Gasteiger partial charge in [0.05, 0.1) is 13.1 Å². The van der Waals surface area contributed by atoms with Crippen molar-refractivity contribution in [1.29, 1.82) is 0 Å². The van der Waals surface area contributed by atoms with Crippen LogP contribution in [0.5, 0.6) is 0 Å². The van der Waals surface area contributed by atoms with Crippen molar-refractivity contribution in [3.63, 3.8) is 0 Å². The van der Waals surface area contributed by atoms with E-state index in [0.29, 0.717) is 51.5 Å². The minimum atomic E-state index is -0.0617. The fourth-order valence-corrected chi connectivity index (χ4v) is 2.29. The fourth-order valence-electron chi connectivity index (χ4n) is 2.29. The molecule has 0 aliphatic carbocycles. The summed E-state index contributed by atoms with van der Waals surface area (Å²) in [5.41, 5.74) is 2.61. The van der Waals surface area contributed by atoms with Crippen molar-refractivity contribution in [3.05, 3.63) is 83.9 Å². The molecule has 0 spiro atoms. The van der Waals surface area contributed by atoms with Gasteiger partial charge in [-0.1, -0.05) is 72.2 Å². The Hall–Kier alpha value is -1.63. The second-order valence-electron chi connectivity index (χ2n) is 8.48. The molecule has 0 amide bonds. The Bertz CT molecular complexity index is 843. The summed E-state index contributed by atoms with van der Waals surface area (Å²) < 4.78 is 0. The second kappa shape index (κ2) is 21.6. The van der Waals surface area contributed by atoms with Gasteiger partial charge in [0, 0.05) is 31.5 Å². The Morgan fingerprint density at radius 3 is 1.14 bits per heavy atom. The number of aliphatic imine (C=N–C) groups is 2. The smallest absolute Gasteiger partial charge is 0.0588 e. The molecule has 0 aromatic heterocycles. The quantitative estimate of drug-likeness (QED) is 0.185. The molecular weight excluding hydrogens is 557 g/mol. The van der Waals surface area contributed by atoms with Crippen LogP contribution in [0.15, 0.2) is 82.8 Å². The van der Waals surface area contributed by atoms with Gasteiger partial charge in [-0.2, -0.15) is 0 Å². The maximum absolute atomic E-state index is 12.0. The Kier molecular flexibility index (Phi) is 22.0. The molecule has 0 aliphatic rings. The molecule has 193 valence electrons. The first-order valence-corrected chi connectivity index (χ1v) is 16.5. The SMILES string of the molecule is CC(/C=C(\[O-])c1ccccc1)=NCCN=C(C)/C=C(\[O-])c1ccccc1.CP(C)C.CP(C)C.[99Tc]. The van der Waals surface area contributed by atoms with Gasteiger partial charge in [-0.25, -0.2) is 0 Å². The molecule has 0 N–H and O–H groups in total. The number of hydrogen-bond acceptors (Lipinski definition) is 4. The van der Waals surface area contributed by atoms with Crippen LogP contribution in [-0.4, -0.2) is 64.5 Å². The van der Waals surface area contributed by atoms with Crippen LogP contribution in [0.3, 0.4) is 0 Å². The number of rotatable bonds is 7. The van der Waals surface area contributed by atoms with Crippen LogP contribution >= 0.6 is 15.8 Å². The number of nitrogens with zero attached hydrogens (tertiary/aromatic N) is 2. The van der Waals surface area contributed by atoms with Gasteiger partial charge in [0.25, 0.3) is 0 Å². The van der Waals surface area contributed by atoms with Crippen molar-refractivity contribution < 1.29 is 30.3 Å². The Morgan fingerprint density at radius 2 is 0.886 bits per heavy atom. The van der Waals surface area contributed by atoms with Crippen LogP contribution in [0, 0.1) is 0 Å². The average molecular weight is 597 g/mol. The standard InChI is InChI=1S/C22H24N2O2.2C3H9P.Tc/c1-17(15-21(25)19-9-5-3-6-10-19)23-13-14-24-18(2)16-22(26)20-11-7-4-8-12-20;2*1-4(2)3;/h3-12,15-16,25-26H,13-14H2,1-2H3;2*1-3H3;/p-2/b21-15-,22-16-,23-17?,24-18?;;;/i;;;1+1. The van der Waals surface area contributed by atoms with Gasteiger partial charge in [0.1, 0.15) is 0 Å². The van der Waals surface area contributed by atoms with Crippen molar-refractivity contribution in [2.45, 2.75) is 13.8 Å². The number of hydrogen-bond donors (Lipinski definition) is 0. The van der Waals surface area contributed by atoms with Crippen LogP contribution in [0.1, 0.15) is 25.0 Å². The van der Waals surface area contributed by atoms with E-state index in [9.17, 15) is 10.2 Å². The molecule has 2 aromatic rings. The number of benzene rings is 2. The third-order valence-corrected chi connectivity index (χ3v) is 3.62. The third kappa shape index (κ3) is 21.4. The molecule has 2 aromatic carbocycles. The minimum absolute atomic E-state index is 0. The molecule has 0 bridgehead atoms. The molecule has 0 unspecified atom stereocenters. The summed E-state index contributed by atoms with van der Waals surface area (Å²) in [6.07, 6.45) is 3.05. The monoisotopic (exact) mass is 597 g/mol. The van der Waals surface area contributed by atoms with Crippen LogP contribution in [0.2, 0.25) is 0 Å². The first-order valence-electron chi connectivity index (χ1n) is 11.1. The maximum Gasteiger partial charge on any atom is 0.0588 e. The molecule has 1 radical (unpaired) electrons. The van der Waals surface area contributed by atoms with E-state index >= 15 is 0 Å². The summed E-state index contributed by atoms with van der Waals surface area (Å²) in [7, 11) is 0.759. The van der Waals surface area contributed by atoms with E-state index in [4.69, 9.17) is 0 Å². The fraction of sp³-hybridized carbons (Fsp3) is 0.357. The minimum Gasteiger partial charge on any atom is -0.872 e. The predicted molar refractivity (Wildman–Crippen MR) is 154 cm³/mol. The zero-order chi connectivity index (χ0) is 25.9. The molecule has 2 rings (SSSR count). The van der Waals surface area contributed by atoms with E-state index < -0.39 is 0 Å². The summed E-state index contributed by atoms with van der Waals surface area (Å²) in [6, 6.07) is 18.2. The van der Waals surface area contributed by atoms with Gasteiger partial charge in [-0.05, 0) is 77.1 Å². The molecule has 7 heteroatoms. The van der Waals surface area contributed by atoms with Crippen LogP contribution in [-0.2, 0) is 20.1 Å². The normalized spacial score (nSPS) is 12.3. The van der Waals surface area contributed by atoms with E-state index in [-0.39, 0.29) is 31.6 Å². The zero-order valence-corrected chi connectivity index (χ0v) is 26.0. The first kappa shape index (κ1) is 35.5. The molecular formula is C28H40N2O2P2Tc-2. The van der Waals surface area contributed by atoms with E-state index in [2.05, 4.69) is 50.0 Å². The van der Waals surface area contributed by atoms with E-state index in [1.54, 1.807) is 38.1 Å². The van der Waals surface area contributed by atoms with E-state index in [1.165, 1.54) is 12.2 Å². The van der Waals surface area contributed by atoms with Crippen LogP contribution in [0.25, 0.3) is 11.5 Å². The van der Waals surface area contributed by atoms with Gasteiger partial charge < -0.3 is 10.2 Å². The van der Waals surface area contributed by atoms with Crippen LogP contribution in [0.4, 0.5) is 0 Å². The van der Waals surface area contributed by atoms with Crippen LogP contribution < -0.4 is 10.2 Å². The summed E-state index contributed by atoms with van der Waals surface area (Å²) in [5, 5.41) is 24.1. The molecule has 35 heavy (non-hydrogen) atoms. The molecule has 0 saturated carbocycles. The largest absolute Gasteiger partial charge is 0.872 e. The second-order valence-corrected chi connectivity index (χ2v) is 13.8. The maximum atomic E-state index is 12.0. The molecule has 0 fully saturated rings. The van der Waals surface area contributed by atoms with Gasteiger partial charge in [-0.15, -0.1) is 15.8 Å². The molecule has 0 heterocycles. The molecule has 4 nitrogen and oxygen atoms in total. The molecule has 0 atom stereocenters. The summed E-state index contributed by atoms with van der Waals surface area (Å²) in [5.74, 6) is -0.123. The van der Waals surface area contributed by atoms with Crippen molar-refractivity contribution in [3.8, 4) is 0 Å². The third-order valence-electron chi connectivity index (χ3n) is 3.62. The first-order chi connectivity index (χ1) is 16.0. The molecule has 0 saturated heterocycles. The Balaban J connectivity index is 0. The van der Waals surface area contributed by atoms with Gasteiger partial charge in [-0.3, -0.25) is 9.98 Å². The van der Waals surface area contributed by atoms with E-state index in [0.717, 1.165) is 0 Å². The Labute approximate surface area is 229 Å². The van der Waals surface area contributed by atoms with Crippen molar-refractivity contribution in [1.82, 2.24) is 0 Å². The van der Waals surface area contributed by atoms with Crippen molar-refractivity contribution in [2.24, 2.45) is 9.98 Å². The van der Waals surface area contributed by atoms with E-state index in [1.807, 2.05) is 36.4 Å². The topological polar surface area (TPSA) is 70.8 Å². The summed E-state index contributed by atoms with van der Waals surface area (Å²) >= 11 is 0.